The molecule has 0 aromatic carbocycles. The van der Waals surface area contributed by atoms with Crippen LogP contribution in [0.1, 0.15) is 164 Å². The van der Waals surface area contributed by atoms with Gasteiger partial charge >= 0.3 is 18.5 Å². The number of aromatic nitrogens is 9. The van der Waals surface area contributed by atoms with Crippen LogP contribution in [0, 0.1) is 35.5 Å². The molecule has 6 saturated carbocycles. The largest absolute Gasteiger partial charge is 0.419 e. The van der Waals surface area contributed by atoms with Gasteiger partial charge in [0.15, 0.2) is 0 Å². The van der Waals surface area contributed by atoms with E-state index in [0.717, 1.165) is 87.5 Å². The summed E-state index contributed by atoms with van der Waals surface area (Å²) in [4.78, 5) is 16.4. The van der Waals surface area contributed by atoms with Crippen molar-refractivity contribution in [1.29, 1.82) is 0 Å². The van der Waals surface area contributed by atoms with Crippen LogP contribution in [0.4, 0.5) is 57.0 Å². The van der Waals surface area contributed by atoms with Crippen molar-refractivity contribution in [3.63, 3.8) is 0 Å². The Balaban J connectivity index is 0.000000132. The first kappa shape index (κ1) is 63.8. The predicted molar refractivity (Wildman–Crippen MR) is 320 cm³/mol. The third-order valence-electron chi connectivity index (χ3n) is 20.2. The molecule has 2 saturated heterocycles. The molecule has 488 valence electrons. The Hall–Kier alpha value is -6.35. The molecule has 90 heavy (non-hydrogen) atoms. The van der Waals surface area contributed by atoms with Crippen LogP contribution in [-0.2, 0) is 28.0 Å². The maximum absolute atomic E-state index is 13.3. The number of nitrogens with two attached hydrogens (primary N) is 3. The topological polar surface area (TPSA) is 215 Å². The van der Waals surface area contributed by atoms with E-state index in [1.165, 1.54) is 44.3 Å². The Morgan fingerprint density at radius 3 is 0.989 bits per heavy atom. The summed E-state index contributed by atoms with van der Waals surface area (Å²) in [5.41, 5.74) is 19.4. The molecular weight excluding hydrogens is 1180 g/mol. The van der Waals surface area contributed by atoms with E-state index in [9.17, 15) is 44.6 Å². The molecule has 7 N–H and O–H groups in total. The van der Waals surface area contributed by atoms with Gasteiger partial charge in [-0.1, -0.05) is 0 Å². The third-order valence-corrected chi connectivity index (χ3v) is 20.2. The lowest BCUT2D eigenvalue weighted by molar-refractivity contribution is -0.137. The van der Waals surface area contributed by atoms with Crippen LogP contribution in [0.15, 0.2) is 55.0 Å². The lowest BCUT2D eigenvalue weighted by atomic mass is 10.0. The summed E-state index contributed by atoms with van der Waals surface area (Å²) >= 11 is 0. The number of morpholine rings is 2. The average Bonchev–Trinajstić information content (AvgIpc) is 1.59. The molecule has 8 heterocycles. The lowest BCUT2D eigenvalue weighted by Crippen LogP contribution is -2.46. The van der Waals surface area contributed by atoms with Crippen molar-refractivity contribution >= 4 is 17.5 Å². The van der Waals surface area contributed by atoms with Gasteiger partial charge in [-0.2, -0.15) is 54.8 Å². The molecule has 26 heteroatoms. The van der Waals surface area contributed by atoms with E-state index in [1.807, 2.05) is 46.1 Å². The summed E-state index contributed by atoms with van der Waals surface area (Å²) in [6, 6.07) is 10.5. The van der Waals surface area contributed by atoms with E-state index in [4.69, 9.17) is 26.7 Å². The maximum Gasteiger partial charge on any atom is 0.419 e. The van der Waals surface area contributed by atoms with Gasteiger partial charge in [0.2, 0.25) is 0 Å². The lowest BCUT2D eigenvalue weighted by Gasteiger charge is -2.36. The van der Waals surface area contributed by atoms with Gasteiger partial charge in [0.25, 0.3) is 0 Å². The van der Waals surface area contributed by atoms with E-state index in [1.54, 1.807) is 0 Å². The van der Waals surface area contributed by atoms with E-state index in [0.29, 0.717) is 99.1 Å². The zero-order valence-corrected chi connectivity index (χ0v) is 51.8. The summed E-state index contributed by atoms with van der Waals surface area (Å²) in [6.45, 7) is 22.1. The van der Waals surface area contributed by atoms with Gasteiger partial charge in [-0.3, -0.25) is 23.8 Å². The maximum atomic E-state index is 13.3. The molecule has 14 rings (SSSR count). The summed E-state index contributed by atoms with van der Waals surface area (Å²) in [6.07, 6.45) is -2.96. The van der Waals surface area contributed by atoms with Crippen LogP contribution in [0.5, 0.6) is 0 Å². The molecule has 8 fully saturated rings. The second-order valence-corrected chi connectivity index (χ2v) is 27.2. The third kappa shape index (κ3) is 12.7. The number of aliphatic hydroxyl groups is 1. The number of fused-ring (bicyclic) bond motifs is 3. The SMILES string of the molecule is CC(C)n1nc(-c2cnc(N)c(C(F)(F)F)c2)cc1C1[C@H]2CC(N3CCO[C@H](C)C3)C[C@@H]12.CC(C)n1nc(-c2cnc(N)c(C(F)(F)F)c2)cc1C1[C@H]2CC(N3CCO[C@H](C)C3)C[C@@H]12.CC(C)n1nc(-c2cnc(N)c(C(F)(F)F)c2)cc1C1[C@H]2CC(O)C[C@@H]12. The zero-order chi connectivity index (χ0) is 64.4. The van der Waals surface area contributed by atoms with E-state index in [-0.39, 0.29) is 36.4 Å². The fourth-order valence-electron chi connectivity index (χ4n) is 15.9. The Bertz CT molecular complexity index is 3380. The summed E-state index contributed by atoms with van der Waals surface area (Å²) in [7, 11) is 0. The molecule has 6 unspecified atom stereocenters. The number of alkyl halides is 9. The van der Waals surface area contributed by atoms with Crippen molar-refractivity contribution in [3.8, 4) is 33.8 Å². The predicted octanol–water partition coefficient (Wildman–Crippen LogP) is 12.3. The summed E-state index contributed by atoms with van der Waals surface area (Å²) in [5, 5.41) is 23.6. The van der Waals surface area contributed by atoms with Crippen molar-refractivity contribution in [1.82, 2.24) is 54.1 Å². The monoisotopic (exact) mass is 1260 g/mol. The van der Waals surface area contributed by atoms with E-state index in [2.05, 4.69) is 81.6 Å². The number of hydrogen-bond donors (Lipinski definition) is 4. The number of rotatable bonds is 11. The fourth-order valence-corrected chi connectivity index (χ4v) is 15.9. The minimum Gasteiger partial charge on any atom is -0.393 e. The van der Waals surface area contributed by atoms with Crippen LogP contribution in [0.3, 0.4) is 0 Å². The first-order valence-corrected chi connectivity index (χ1v) is 31.6. The van der Waals surface area contributed by atoms with Crippen LogP contribution in [0.2, 0.25) is 0 Å². The van der Waals surface area contributed by atoms with E-state index < -0.39 is 52.7 Å². The number of ether oxygens (including phenoxy) is 2. The fraction of sp³-hybridized carbons (Fsp3) is 0.625. The molecule has 6 aromatic heterocycles. The second kappa shape index (κ2) is 24.0. The number of aliphatic hydroxyl groups excluding tert-OH is 1. The zero-order valence-electron chi connectivity index (χ0n) is 51.8. The number of pyridine rings is 3. The van der Waals surface area contributed by atoms with Gasteiger partial charge in [0.1, 0.15) is 17.5 Å². The number of nitrogen functional groups attached to an aromatic ring is 3. The quantitative estimate of drug-likeness (QED) is 0.0888. The minimum atomic E-state index is -4.56. The van der Waals surface area contributed by atoms with Gasteiger partial charge in [0, 0.05) is 127 Å². The molecule has 14 atom stereocenters. The van der Waals surface area contributed by atoms with Gasteiger partial charge in [0.05, 0.1) is 65.3 Å². The van der Waals surface area contributed by atoms with Crippen LogP contribution >= 0.6 is 0 Å². The first-order chi connectivity index (χ1) is 42.4. The number of hydrogen-bond acceptors (Lipinski definition) is 14. The van der Waals surface area contributed by atoms with Crippen LogP contribution < -0.4 is 17.2 Å². The molecule has 17 nitrogen and oxygen atoms in total. The van der Waals surface area contributed by atoms with E-state index >= 15 is 0 Å². The minimum absolute atomic E-state index is 0.0915. The highest BCUT2D eigenvalue weighted by molar-refractivity contribution is 5.65. The Labute approximate surface area is 517 Å². The van der Waals surface area contributed by atoms with Gasteiger partial charge in [-0.25, -0.2) is 15.0 Å². The standard InChI is InChI=1S/2C23H30F3N5O.C18H21F3N4O/c2*1-12(2)31-20(9-19(29-31)14-6-18(23(24,25)26)22(27)28-10-14)21-16-7-15(8-17(16)21)30-4-5-32-13(3)11-30;1-8(2)25-15(16-11-4-10(26)5-12(11)16)6-14(24-25)9-3-13(18(19,20)21)17(22)23-7-9/h2*6,9-10,12-13,15-17,21H,4-5,7-8,11H2,1-3H3,(H2,27,28);3,6-8,10-12,16,26H,4-5H2,1-2H3,(H2,22,23)/t2*13-,15?,16-,17+,21?;10?,11-,12+,16?/m11./s1. The van der Waals surface area contributed by atoms with Crippen molar-refractivity contribution < 1.29 is 54.1 Å². The van der Waals surface area contributed by atoms with Crippen LogP contribution in [0.25, 0.3) is 33.8 Å². The average molecular weight is 1270 g/mol. The molecule has 0 bridgehead atoms. The molecule has 8 aliphatic rings. The molecular formula is C64H81F9N14O3. The van der Waals surface area contributed by atoms with Crippen molar-refractivity contribution in [2.24, 2.45) is 35.5 Å². The molecule has 6 aromatic rings. The summed E-state index contributed by atoms with van der Waals surface area (Å²) in [5.74, 6) is 3.01. The first-order valence-electron chi connectivity index (χ1n) is 31.6. The number of anilines is 3. The second-order valence-electron chi connectivity index (χ2n) is 27.2. The van der Waals surface area contributed by atoms with Crippen molar-refractivity contribution in [3.05, 3.63) is 88.8 Å². The Morgan fingerprint density at radius 1 is 0.456 bits per heavy atom. The highest BCUT2D eigenvalue weighted by atomic mass is 19.4. The normalized spacial score (nSPS) is 29.8. The van der Waals surface area contributed by atoms with Crippen molar-refractivity contribution in [2.75, 3.05) is 56.6 Å². The molecule has 0 spiro atoms. The van der Waals surface area contributed by atoms with Gasteiger partial charge in [-0.05, 0) is 166 Å². The number of nitrogens with zero attached hydrogens (tertiary/aromatic N) is 11. The molecule has 6 aliphatic carbocycles. The molecule has 2 aliphatic heterocycles. The number of halogens is 9. The highest BCUT2D eigenvalue weighted by Gasteiger charge is 2.61. The molecule has 0 radical (unpaired) electrons. The van der Waals surface area contributed by atoms with Gasteiger partial charge in [-0.15, -0.1) is 0 Å². The van der Waals surface area contributed by atoms with Crippen LogP contribution in [-0.4, -0.2) is 129 Å². The summed E-state index contributed by atoms with van der Waals surface area (Å²) < 4.78 is 136. The van der Waals surface area contributed by atoms with Gasteiger partial charge < -0.3 is 31.8 Å². The molecule has 0 amide bonds. The van der Waals surface area contributed by atoms with Crippen molar-refractivity contribution in [2.45, 2.75) is 179 Å². The Kier molecular flexibility index (Phi) is 17.0. The highest BCUT2D eigenvalue weighted by Crippen LogP contribution is 2.66. The Morgan fingerprint density at radius 2 is 0.733 bits per heavy atom. The smallest absolute Gasteiger partial charge is 0.393 e.